The van der Waals surface area contributed by atoms with Crippen LogP contribution in [0.3, 0.4) is 0 Å². The van der Waals surface area contributed by atoms with E-state index in [1.807, 2.05) is 5.32 Å². The summed E-state index contributed by atoms with van der Waals surface area (Å²) in [6.07, 6.45) is 0.389. The van der Waals surface area contributed by atoms with Crippen molar-refractivity contribution >= 4 is 35.1 Å². The highest BCUT2D eigenvalue weighted by molar-refractivity contribution is 6.35. The third-order valence-corrected chi connectivity index (χ3v) is 3.33. The number of nitrogens with two attached hydrogens (primary N) is 1. The molecule has 0 heterocycles. The number of nitrogens with zero attached hydrogens (tertiary/aromatic N) is 1. The lowest BCUT2D eigenvalue weighted by Gasteiger charge is -2.12. The molecular weight excluding hydrogens is 327 g/mol. The molecule has 0 aliphatic heterocycles. The predicted molar refractivity (Wildman–Crippen MR) is 84.0 cm³/mol. The first-order valence-corrected chi connectivity index (χ1v) is 7.06. The number of hydrogen-bond acceptors (Lipinski definition) is 4. The van der Waals surface area contributed by atoms with E-state index in [2.05, 4.69) is 5.32 Å². The zero-order valence-electron chi connectivity index (χ0n) is 11.7. The molecule has 1 rings (SSSR count). The molecule has 0 aliphatic rings. The van der Waals surface area contributed by atoms with Gasteiger partial charge in [0.2, 0.25) is 0 Å². The topological polar surface area (TPSA) is 108 Å². The number of nitriles is 1. The van der Waals surface area contributed by atoms with Crippen LogP contribution in [0.5, 0.6) is 0 Å². The number of carbonyl (C=O) groups excluding carboxylic acids is 2. The van der Waals surface area contributed by atoms with Crippen molar-refractivity contribution in [2.45, 2.75) is 19.9 Å². The average molecular weight is 341 g/mol. The Morgan fingerprint density at radius 1 is 1.36 bits per heavy atom. The molecule has 4 N–H and O–H groups in total. The number of amides is 3. The van der Waals surface area contributed by atoms with Crippen molar-refractivity contribution in [2.75, 3.05) is 0 Å². The number of nitrogens with one attached hydrogen (secondary N) is 2. The lowest BCUT2D eigenvalue weighted by atomic mass is 10.1. The second-order valence-electron chi connectivity index (χ2n) is 4.23. The van der Waals surface area contributed by atoms with Crippen molar-refractivity contribution in [2.24, 2.45) is 5.73 Å². The van der Waals surface area contributed by atoms with Crippen molar-refractivity contribution in [3.05, 3.63) is 45.1 Å². The smallest absolute Gasteiger partial charge is 0.319 e. The normalized spacial score (nSPS) is 11.2. The highest BCUT2D eigenvalue weighted by atomic mass is 35.5. The second kappa shape index (κ2) is 8.27. The summed E-state index contributed by atoms with van der Waals surface area (Å²) in [7, 11) is 0. The van der Waals surface area contributed by atoms with Crippen molar-refractivity contribution in [1.29, 1.82) is 5.26 Å². The van der Waals surface area contributed by atoms with Gasteiger partial charge in [0.05, 0.1) is 0 Å². The van der Waals surface area contributed by atoms with Crippen LogP contribution in [0, 0.1) is 11.3 Å². The molecule has 0 radical (unpaired) electrons. The Morgan fingerprint density at radius 2 is 2.05 bits per heavy atom. The van der Waals surface area contributed by atoms with Gasteiger partial charge in [-0.15, -0.1) is 0 Å². The maximum absolute atomic E-state index is 11.7. The summed E-state index contributed by atoms with van der Waals surface area (Å²) in [5.74, 6) is -0.846. The van der Waals surface area contributed by atoms with Crippen LogP contribution in [0.4, 0.5) is 4.79 Å². The van der Waals surface area contributed by atoms with Gasteiger partial charge in [-0.25, -0.2) is 4.79 Å². The highest BCUT2D eigenvalue weighted by Gasteiger charge is 2.16. The maximum Gasteiger partial charge on any atom is 0.319 e. The Morgan fingerprint density at radius 3 is 2.55 bits per heavy atom. The summed E-state index contributed by atoms with van der Waals surface area (Å²) in [4.78, 5) is 22.4. The van der Waals surface area contributed by atoms with Gasteiger partial charge in [0, 0.05) is 22.3 Å². The fraction of sp³-hybridized carbons (Fsp3) is 0.214. The molecule has 1 aromatic carbocycles. The van der Waals surface area contributed by atoms with E-state index < -0.39 is 11.9 Å². The van der Waals surface area contributed by atoms with Gasteiger partial charge < -0.3 is 11.1 Å². The molecule has 1 aromatic rings. The molecular formula is C14H14Cl2N4O2. The average Bonchev–Trinajstić information content (AvgIpc) is 2.44. The molecule has 0 atom stereocenters. The monoisotopic (exact) mass is 340 g/mol. The van der Waals surface area contributed by atoms with E-state index in [-0.39, 0.29) is 5.57 Å². The first-order valence-electron chi connectivity index (χ1n) is 6.30. The minimum absolute atomic E-state index is 0.202. The van der Waals surface area contributed by atoms with Gasteiger partial charge in [0.15, 0.2) is 0 Å². The van der Waals surface area contributed by atoms with E-state index in [9.17, 15) is 9.59 Å². The molecule has 0 bridgehead atoms. The van der Waals surface area contributed by atoms with E-state index in [1.54, 1.807) is 31.2 Å². The van der Waals surface area contributed by atoms with Gasteiger partial charge in [-0.1, -0.05) is 36.2 Å². The van der Waals surface area contributed by atoms with Crippen LogP contribution in [-0.2, 0) is 11.3 Å². The van der Waals surface area contributed by atoms with Crippen LogP contribution in [0.1, 0.15) is 18.9 Å². The summed E-state index contributed by atoms with van der Waals surface area (Å²) >= 11 is 11.9. The maximum atomic E-state index is 11.7. The summed E-state index contributed by atoms with van der Waals surface area (Å²) in [5, 5.41) is 14.9. The molecule has 3 amide bonds. The Bertz CT molecular complexity index is 665. The molecule has 0 saturated carbocycles. The number of primary amides is 1. The Labute approximate surface area is 137 Å². The second-order valence-corrected chi connectivity index (χ2v) is 5.07. The lowest BCUT2D eigenvalue weighted by Crippen LogP contribution is -2.36. The van der Waals surface area contributed by atoms with Crippen LogP contribution in [0.2, 0.25) is 10.0 Å². The number of rotatable bonds is 5. The first-order chi connectivity index (χ1) is 10.4. The van der Waals surface area contributed by atoms with E-state index in [4.69, 9.17) is 34.2 Å². The van der Waals surface area contributed by atoms with Gasteiger partial charge in [-0.3, -0.25) is 10.1 Å². The summed E-state index contributed by atoms with van der Waals surface area (Å²) in [5.41, 5.74) is 5.81. The molecule has 116 valence electrons. The molecule has 8 heteroatoms. The van der Waals surface area contributed by atoms with Gasteiger partial charge >= 0.3 is 6.03 Å². The fourth-order valence-electron chi connectivity index (χ4n) is 1.69. The first kappa shape index (κ1) is 17.8. The molecule has 0 aromatic heterocycles. The van der Waals surface area contributed by atoms with Gasteiger partial charge in [-0.2, -0.15) is 5.26 Å². The Hall–Kier alpha value is -2.23. The van der Waals surface area contributed by atoms with Crippen molar-refractivity contribution in [1.82, 2.24) is 10.6 Å². The van der Waals surface area contributed by atoms with Crippen molar-refractivity contribution in [3.63, 3.8) is 0 Å². The summed E-state index contributed by atoms with van der Waals surface area (Å²) in [6.45, 7) is 2.06. The minimum Gasteiger partial charge on any atom is -0.383 e. The van der Waals surface area contributed by atoms with Gasteiger partial charge in [0.1, 0.15) is 11.6 Å². The number of halogens is 2. The SMILES string of the molecule is CC/C(NCc1ccc(Cl)cc1Cl)=C(\C#N)C(=O)NC(N)=O. The number of carbonyl (C=O) groups is 2. The van der Waals surface area contributed by atoms with E-state index in [1.165, 1.54) is 0 Å². The molecule has 0 spiro atoms. The zero-order chi connectivity index (χ0) is 16.7. The quantitative estimate of drug-likeness (QED) is 0.565. The highest BCUT2D eigenvalue weighted by Crippen LogP contribution is 2.21. The molecule has 22 heavy (non-hydrogen) atoms. The van der Waals surface area contributed by atoms with Crippen molar-refractivity contribution in [3.8, 4) is 6.07 Å². The van der Waals surface area contributed by atoms with Gasteiger partial charge in [0.25, 0.3) is 5.91 Å². The third-order valence-electron chi connectivity index (χ3n) is 2.74. The van der Waals surface area contributed by atoms with E-state index in [0.29, 0.717) is 28.7 Å². The Kier molecular flexibility index (Phi) is 6.70. The van der Waals surface area contributed by atoms with Crippen LogP contribution in [-0.4, -0.2) is 11.9 Å². The number of allylic oxidation sites excluding steroid dienone is 1. The molecule has 0 fully saturated rings. The Balaban J connectivity index is 2.94. The van der Waals surface area contributed by atoms with Crippen molar-refractivity contribution < 1.29 is 9.59 Å². The number of imide groups is 1. The molecule has 6 nitrogen and oxygen atoms in total. The summed E-state index contributed by atoms with van der Waals surface area (Å²) in [6, 6.07) is 5.76. The third kappa shape index (κ3) is 4.95. The molecule has 0 saturated heterocycles. The van der Waals surface area contributed by atoms with E-state index in [0.717, 1.165) is 5.56 Å². The number of benzene rings is 1. The number of hydrogen-bond donors (Lipinski definition) is 3. The van der Waals surface area contributed by atoms with Crippen LogP contribution in [0.25, 0.3) is 0 Å². The predicted octanol–water partition coefficient (Wildman–Crippen LogP) is 2.47. The minimum atomic E-state index is -1.02. The number of urea groups is 1. The summed E-state index contributed by atoms with van der Waals surface area (Å²) < 4.78 is 0. The van der Waals surface area contributed by atoms with Crippen LogP contribution in [0.15, 0.2) is 29.5 Å². The zero-order valence-corrected chi connectivity index (χ0v) is 13.3. The molecule has 0 unspecified atom stereocenters. The standard InChI is InChI=1S/C14H14Cl2N4O2/c1-2-12(10(6-17)13(21)20-14(18)22)19-7-8-3-4-9(15)5-11(8)16/h3-5,19H,2,7H2,1H3,(H3,18,20,21,22)/b12-10-. The van der Waals surface area contributed by atoms with E-state index >= 15 is 0 Å². The fourth-order valence-corrected chi connectivity index (χ4v) is 2.16. The lowest BCUT2D eigenvalue weighted by molar-refractivity contribution is -0.116. The van der Waals surface area contributed by atoms with Crippen LogP contribution < -0.4 is 16.4 Å². The van der Waals surface area contributed by atoms with Gasteiger partial charge in [-0.05, 0) is 24.1 Å². The largest absolute Gasteiger partial charge is 0.383 e. The molecule has 0 aliphatic carbocycles. The van der Waals surface area contributed by atoms with Crippen LogP contribution >= 0.6 is 23.2 Å².